The molecule has 0 aromatic carbocycles. The van der Waals surface area contributed by atoms with Crippen molar-refractivity contribution in [3.63, 3.8) is 0 Å². The van der Waals surface area contributed by atoms with Crippen LogP contribution in [-0.2, 0) is 23.2 Å². The fourth-order valence-corrected chi connectivity index (χ4v) is 3.64. The van der Waals surface area contributed by atoms with Crippen LogP contribution in [0.3, 0.4) is 0 Å². The first-order valence-corrected chi connectivity index (χ1v) is 7.30. The number of rotatable bonds is 6. The second-order valence-electron chi connectivity index (χ2n) is 2.53. The molecule has 0 heterocycles. The van der Waals surface area contributed by atoms with Crippen molar-refractivity contribution in [2.45, 2.75) is 5.25 Å². The molecule has 7 nitrogen and oxygen atoms in total. The van der Waals surface area contributed by atoms with Gasteiger partial charge in [0.2, 0.25) is 11.8 Å². The van der Waals surface area contributed by atoms with Crippen LogP contribution in [0.4, 0.5) is 0 Å². The van der Waals surface area contributed by atoms with Crippen LogP contribution in [0, 0.1) is 0 Å². The number of hydrogen-bond donors (Lipinski definition) is 2. The molecule has 0 fully saturated rings. The third-order valence-corrected chi connectivity index (χ3v) is 5.74. The van der Waals surface area contributed by atoms with Gasteiger partial charge in [0.05, 0.1) is 0 Å². The van der Waals surface area contributed by atoms with Crippen molar-refractivity contribution in [3.05, 3.63) is 0 Å². The molecule has 9 heteroatoms. The maximum Gasteiger partial charge on any atom is 0.389 e. The first-order valence-electron chi connectivity index (χ1n) is 4.27. The van der Waals surface area contributed by atoms with Crippen LogP contribution in [0.25, 0.3) is 0 Å². The Morgan fingerprint density at radius 1 is 1.12 bits per heavy atom. The summed E-state index contributed by atoms with van der Waals surface area (Å²) < 4.78 is 21.0. The maximum absolute atomic E-state index is 11.8. The lowest BCUT2D eigenvalue weighted by Gasteiger charge is -2.18. The van der Waals surface area contributed by atoms with Gasteiger partial charge in [0.1, 0.15) is 0 Å². The zero-order chi connectivity index (χ0) is 12.8. The van der Waals surface area contributed by atoms with Gasteiger partial charge in [-0.2, -0.15) is 0 Å². The lowest BCUT2D eigenvalue weighted by atomic mass is 10.4. The van der Waals surface area contributed by atoms with E-state index < -0.39 is 23.9 Å². The Bertz CT molecular complexity index is 287. The average Bonchev–Trinajstić information content (AvgIpc) is 2.33. The first kappa shape index (κ1) is 15.4. The molecule has 0 saturated heterocycles. The lowest BCUT2D eigenvalue weighted by Crippen LogP contribution is -2.41. The van der Waals surface area contributed by atoms with E-state index in [1.165, 1.54) is 28.3 Å². The van der Waals surface area contributed by atoms with E-state index in [0.717, 1.165) is 0 Å². The second kappa shape index (κ2) is 6.90. The minimum Gasteiger partial charge on any atom is -0.358 e. The van der Waals surface area contributed by atoms with Gasteiger partial charge in [-0.1, -0.05) is 0 Å². The molecule has 0 rings (SSSR count). The zero-order valence-electron chi connectivity index (χ0n) is 9.47. The van der Waals surface area contributed by atoms with E-state index in [2.05, 4.69) is 19.7 Å². The Hall–Kier alpha value is -0.560. The van der Waals surface area contributed by atoms with Crippen LogP contribution < -0.4 is 10.6 Å². The Morgan fingerprint density at radius 2 is 1.50 bits per heavy atom. The smallest absolute Gasteiger partial charge is 0.358 e. The van der Waals surface area contributed by atoms with E-state index in [-0.39, 0.29) is 0 Å². The Balaban J connectivity index is 4.87. The molecule has 0 aliphatic rings. The molecule has 0 unspecified atom stereocenters. The van der Waals surface area contributed by atoms with E-state index in [9.17, 15) is 14.2 Å². The highest BCUT2D eigenvalue weighted by Gasteiger charge is 2.36. The van der Waals surface area contributed by atoms with Gasteiger partial charge in [-0.25, -0.2) is 4.57 Å². The summed E-state index contributed by atoms with van der Waals surface area (Å²) in [4.78, 5) is 22.8. The summed E-state index contributed by atoms with van der Waals surface area (Å²) in [6.07, 6.45) is 0. The van der Waals surface area contributed by atoms with Crippen molar-refractivity contribution in [3.8, 4) is 0 Å². The highest BCUT2D eigenvalue weighted by Crippen LogP contribution is 2.61. The van der Waals surface area contributed by atoms with Crippen LogP contribution in [0.1, 0.15) is 0 Å². The molecule has 0 saturated carbocycles. The van der Waals surface area contributed by atoms with Gasteiger partial charge >= 0.3 is 6.80 Å². The predicted octanol–water partition coefficient (Wildman–Crippen LogP) is -0.0189. The van der Waals surface area contributed by atoms with Crippen LogP contribution in [0.5, 0.6) is 0 Å². The maximum atomic E-state index is 11.8. The summed E-state index contributed by atoms with van der Waals surface area (Å²) in [6.45, 7) is -3.48. The first-order chi connectivity index (χ1) is 7.44. The molecule has 0 spiro atoms. The number of hydrogen-bond acceptors (Lipinski definition) is 6. The van der Waals surface area contributed by atoms with Crippen molar-refractivity contribution < 1.29 is 23.2 Å². The van der Waals surface area contributed by atoms with Gasteiger partial charge in [-0.15, -0.1) is 0 Å². The largest absolute Gasteiger partial charge is 0.389 e. The zero-order valence-corrected chi connectivity index (χ0v) is 11.2. The Labute approximate surface area is 97.9 Å². The van der Waals surface area contributed by atoms with Gasteiger partial charge in [-0.05, 0) is 11.4 Å². The second-order valence-corrected chi connectivity index (χ2v) is 6.81. The summed E-state index contributed by atoms with van der Waals surface area (Å²) in [5.74, 6) is -1.14. The number of carbonyl (C=O) groups is 2. The van der Waals surface area contributed by atoms with Crippen molar-refractivity contribution in [2.24, 2.45) is 0 Å². The standard InChI is InChI=1S/C7H15N2O5PS/c1-8-6(10)5(7(11)9-2)16-15(12,13-3)14-4/h5H,1-4H3,(H,8,10)(H,9,11). The molecule has 2 N–H and O–H groups in total. The molecular formula is C7H15N2O5PS. The molecule has 2 amide bonds. The summed E-state index contributed by atoms with van der Waals surface area (Å²) >= 11 is 0.545. The summed E-state index contributed by atoms with van der Waals surface area (Å²) in [5.41, 5.74) is 0. The quantitative estimate of drug-likeness (QED) is 0.520. The molecule has 0 radical (unpaired) electrons. The van der Waals surface area contributed by atoms with Crippen LogP contribution >= 0.6 is 18.2 Å². The van der Waals surface area contributed by atoms with E-state index in [1.54, 1.807) is 0 Å². The van der Waals surface area contributed by atoms with Gasteiger partial charge in [0.15, 0.2) is 5.25 Å². The number of carbonyl (C=O) groups excluding carboxylic acids is 2. The predicted molar refractivity (Wildman–Crippen MR) is 61.1 cm³/mol. The Kier molecular flexibility index (Phi) is 6.66. The topological polar surface area (TPSA) is 93.7 Å². The van der Waals surface area contributed by atoms with E-state index in [1.807, 2.05) is 0 Å². The minimum atomic E-state index is -3.48. The van der Waals surface area contributed by atoms with E-state index in [0.29, 0.717) is 11.4 Å². The third-order valence-electron chi connectivity index (χ3n) is 1.65. The lowest BCUT2D eigenvalue weighted by molar-refractivity contribution is -0.127. The third kappa shape index (κ3) is 4.13. The molecule has 0 bridgehead atoms. The van der Waals surface area contributed by atoms with Crippen molar-refractivity contribution >= 4 is 30.0 Å². The molecule has 0 aromatic heterocycles. The highest BCUT2D eigenvalue weighted by molar-refractivity contribution is 8.56. The van der Waals surface area contributed by atoms with Crippen LogP contribution in [0.15, 0.2) is 0 Å². The summed E-state index contributed by atoms with van der Waals surface area (Å²) in [6, 6.07) is 0. The van der Waals surface area contributed by atoms with Crippen molar-refractivity contribution in [1.82, 2.24) is 10.6 Å². The molecule has 94 valence electrons. The fraction of sp³-hybridized carbons (Fsp3) is 0.714. The molecule has 0 atom stereocenters. The van der Waals surface area contributed by atoms with Gasteiger partial charge < -0.3 is 19.7 Å². The monoisotopic (exact) mass is 270 g/mol. The fourth-order valence-electron chi connectivity index (χ4n) is 0.767. The highest BCUT2D eigenvalue weighted by atomic mass is 32.7. The van der Waals surface area contributed by atoms with Crippen LogP contribution in [0.2, 0.25) is 0 Å². The molecule has 0 aliphatic carbocycles. The average molecular weight is 270 g/mol. The SMILES string of the molecule is CNC(=O)C(SP(=O)(OC)OC)C(=O)NC. The van der Waals surface area contributed by atoms with Gasteiger partial charge in [0.25, 0.3) is 0 Å². The van der Waals surface area contributed by atoms with Gasteiger partial charge in [-0.3, -0.25) is 9.59 Å². The molecule has 0 aromatic rings. The Morgan fingerprint density at radius 3 is 1.75 bits per heavy atom. The molecular weight excluding hydrogens is 255 g/mol. The summed E-state index contributed by atoms with van der Waals surface area (Å²) in [5, 5.41) is 3.42. The van der Waals surface area contributed by atoms with E-state index >= 15 is 0 Å². The van der Waals surface area contributed by atoms with E-state index in [4.69, 9.17) is 0 Å². The molecule has 16 heavy (non-hydrogen) atoms. The van der Waals surface area contributed by atoms with Crippen molar-refractivity contribution in [1.29, 1.82) is 0 Å². The van der Waals surface area contributed by atoms with Crippen molar-refractivity contribution in [2.75, 3.05) is 28.3 Å². The minimum absolute atomic E-state index is 0.545. The normalized spacial score (nSPS) is 11.3. The van der Waals surface area contributed by atoms with Crippen LogP contribution in [-0.4, -0.2) is 45.4 Å². The number of amides is 2. The molecule has 0 aliphatic heterocycles. The number of nitrogens with one attached hydrogen (secondary N) is 2. The van der Waals surface area contributed by atoms with Gasteiger partial charge in [0, 0.05) is 28.3 Å². The summed E-state index contributed by atoms with van der Waals surface area (Å²) in [7, 11) is 5.12.